The molecule has 1 aromatic carbocycles. The monoisotopic (exact) mass is 351 g/mol. The van der Waals surface area contributed by atoms with E-state index < -0.39 is 0 Å². The molecule has 0 saturated carbocycles. The van der Waals surface area contributed by atoms with Gasteiger partial charge in [0.2, 0.25) is 0 Å². The molecule has 1 aromatic heterocycles. The summed E-state index contributed by atoms with van der Waals surface area (Å²) in [5, 5.41) is 4.36. The first-order chi connectivity index (χ1) is 9.76. The Labute approximate surface area is 132 Å². The van der Waals surface area contributed by atoms with Crippen molar-refractivity contribution in [2.45, 2.75) is 36.6 Å². The molecule has 20 heavy (non-hydrogen) atoms. The van der Waals surface area contributed by atoms with E-state index in [0.717, 1.165) is 34.7 Å². The summed E-state index contributed by atoms with van der Waals surface area (Å²) >= 11 is 5.27. The van der Waals surface area contributed by atoms with Gasteiger partial charge in [-0.25, -0.2) is 9.97 Å². The van der Waals surface area contributed by atoms with Gasteiger partial charge in [0.05, 0.1) is 0 Å². The van der Waals surface area contributed by atoms with Crippen molar-refractivity contribution in [2.75, 3.05) is 11.9 Å². The number of nitrogens with one attached hydrogen (secondary N) is 1. The number of aromatic nitrogens is 2. The highest BCUT2D eigenvalue weighted by molar-refractivity contribution is 9.10. The Kier molecular flexibility index (Phi) is 5.86. The van der Waals surface area contributed by atoms with Gasteiger partial charge in [0.25, 0.3) is 0 Å². The highest BCUT2D eigenvalue weighted by Crippen LogP contribution is 2.35. The zero-order valence-electron chi connectivity index (χ0n) is 11.7. The van der Waals surface area contributed by atoms with Crippen LogP contribution in [0.1, 0.15) is 25.8 Å². The number of benzene rings is 1. The molecule has 2 rings (SSSR count). The van der Waals surface area contributed by atoms with Gasteiger partial charge in [-0.3, -0.25) is 0 Å². The lowest BCUT2D eigenvalue weighted by Gasteiger charge is -2.13. The van der Waals surface area contributed by atoms with E-state index in [4.69, 9.17) is 0 Å². The molecule has 0 radical (unpaired) electrons. The van der Waals surface area contributed by atoms with Gasteiger partial charge in [-0.15, -0.1) is 0 Å². The molecule has 0 saturated heterocycles. The molecule has 0 fully saturated rings. The van der Waals surface area contributed by atoms with Crippen molar-refractivity contribution in [1.29, 1.82) is 0 Å². The lowest BCUT2D eigenvalue weighted by molar-refractivity contribution is 0.855. The summed E-state index contributed by atoms with van der Waals surface area (Å²) < 4.78 is 1.09. The molecule has 0 unspecified atom stereocenters. The van der Waals surface area contributed by atoms with E-state index in [1.54, 1.807) is 18.1 Å². The largest absolute Gasteiger partial charge is 0.370 e. The maximum Gasteiger partial charge on any atom is 0.133 e. The van der Waals surface area contributed by atoms with Gasteiger partial charge in [0.1, 0.15) is 17.2 Å². The molecule has 0 spiro atoms. The van der Waals surface area contributed by atoms with E-state index in [9.17, 15) is 0 Å². The second-order valence-corrected chi connectivity index (χ2v) is 6.20. The first-order valence-electron chi connectivity index (χ1n) is 6.76. The van der Waals surface area contributed by atoms with Crippen LogP contribution >= 0.6 is 27.7 Å². The summed E-state index contributed by atoms with van der Waals surface area (Å²) in [4.78, 5) is 10.0. The lowest BCUT2D eigenvalue weighted by atomic mass is 10.2. The Morgan fingerprint density at radius 2 is 2.00 bits per heavy atom. The third kappa shape index (κ3) is 3.73. The molecule has 1 N–H and O–H groups in total. The summed E-state index contributed by atoms with van der Waals surface area (Å²) in [7, 11) is 0. The van der Waals surface area contributed by atoms with E-state index in [0.29, 0.717) is 0 Å². The Morgan fingerprint density at radius 1 is 1.20 bits per heavy atom. The third-order valence-corrected chi connectivity index (χ3v) is 4.87. The molecule has 106 valence electrons. The topological polar surface area (TPSA) is 37.8 Å². The van der Waals surface area contributed by atoms with Gasteiger partial charge in [0.15, 0.2) is 0 Å². The van der Waals surface area contributed by atoms with E-state index in [-0.39, 0.29) is 0 Å². The Morgan fingerprint density at radius 3 is 2.70 bits per heavy atom. The summed E-state index contributed by atoms with van der Waals surface area (Å²) in [6.45, 7) is 5.13. The van der Waals surface area contributed by atoms with Crippen LogP contribution < -0.4 is 5.32 Å². The highest BCUT2D eigenvalue weighted by atomic mass is 79.9. The van der Waals surface area contributed by atoms with Crippen molar-refractivity contribution in [1.82, 2.24) is 9.97 Å². The normalized spacial score (nSPS) is 10.6. The van der Waals surface area contributed by atoms with E-state index in [1.165, 1.54) is 10.5 Å². The van der Waals surface area contributed by atoms with Crippen LogP contribution in [-0.2, 0) is 6.42 Å². The maximum absolute atomic E-state index is 4.47. The average Bonchev–Trinajstić information content (AvgIpc) is 2.45. The molecule has 0 atom stereocenters. The average molecular weight is 352 g/mol. The van der Waals surface area contributed by atoms with Crippen molar-refractivity contribution in [3.8, 4) is 0 Å². The predicted molar refractivity (Wildman–Crippen MR) is 88.5 cm³/mol. The minimum Gasteiger partial charge on any atom is -0.370 e. The number of nitrogens with zero attached hydrogens (tertiary/aromatic N) is 2. The van der Waals surface area contributed by atoms with Crippen LogP contribution in [0.25, 0.3) is 0 Å². The number of rotatable bonds is 6. The molecule has 1 heterocycles. The third-order valence-electron chi connectivity index (χ3n) is 2.79. The zero-order chi connectivity index (χ0) is 14.4. The fourth-order valence-electron chi connectivity index (χ4n) is 1.91. The second-order valence-electron chi connectivity index (χ2n) is 4.32. The molecular formula is C15H18BrN3S. The van der Waals surface area contributed by atoms with Crippen molar-refractivity contribution < 1.29 is 0 Å². The first-order valence-corrected chi connectivity index (χ1v) is 8.37. The summed E-state index contributed by atoms with van der Waals surface area (Å²) in [5.74, 6) is 0.957. The van der Waals surface area contributed by atoms with Gasteiger partial charge in [-0.1, -0.05) is 37.2 Å². The minimum absolute atomic E-state index is 0.868. The number of halogens is 1. The van der Waals surface area contributed by atoms with E-state index in [1.807, 2.05) is 18.2 Å². The smallest absolute Gasteiger partial charge is 0.133 e. The quantitative estimate of drug-likeness (QED) is 0.760. The molecular weight excluding hydrogens is 334 g/mol. The van der Waals surface area contributed by atoms with Crippen molar-refractivity contribution in [3.05, 3.63) is 40.6 Å². The van der Waals surface area contributed by atoms with E-state index in [2.05, 4.69) is 51.1 Å². The molecule has 3 nitrogen and oxygen atoms in total. The van der Waals surface area contributed by atoms with Gasteiger partial charge in [-0.2, -0.15) is 0 Å². The van der Waals surface area contributed by atoms with Gasteiger partial charge >= 0.3 is 0 Å². The molecule has 0 aliphatic carbocycles. The van der Waals surface area contributed by atoms with Crippen molar-refractivity contribution >= 4 is 33.5 Å². The fourth-order valence-corrected chi connectivity index (χ4v) is 3.38. The van der Waals surface area contributed by atoms with Gasteiger partial charge < -0.3 is 5.32 Å². The van der Waals surface area contributed by atoms with Crippen molar-refractivity contribution in [2.24, 2.45) is 0 Å². The second kappa shape index (κ2) is 7.64. The van der Waals surface area contributed by atoms with Crippen LogP contribution in [0.5, 0.6) is 0 Å². The predicted octanol–water partition coefficient (Wildman–Crippen LogP) is 4.77. The fraction of sp³-hybridized carbons (Fsp3) is 0.333. The Hall–Kier alpha value is -1.07. The summed E-state index contributed by atoms with van der Waals surface area (Å²) in [5.41, 5.74) is 1.21. The van der Waals surface area contributed by atoms with Crippen LogP contribution in [0.15, 0.2) is 45.0 Å². The van der Waals surface area contributed by atoms with Gasteiger partial charge in [0, 0.05) is 21.5 Å². The maximum atomic E-state index is 4.47. The lowest BCUT2D eigenvalue weighted by Crippen LogP contribution is -2.06. The Bertz CT molecular complexity index is 575. The Balaban J connectivity index is 2.35. The van der Waals surface area contributed by atoms with Crippen molar-refractivity contribution in [3.63, 3.8) is 0 Å². The standard InChI is InChI=1S/C15H18BrN3S/c1-3-7-11-14(17-4-2)18-10-19-15(11)20-13-9-6-5-8-12(13)16/h5-6,8-10H,3-4,7H2,1-2H3,(H,17,18,19). The molecule has 0 bridgehead atoms. The molecule has 2 aromatic rings. The molecule has 0 aliphatic heterocycles. The molecule has 0 amide bonds. The number of hydrogen-bond donors (Lipinski definition) is 1. The SMILES string of the molecule is CCCc1c(NCC)ncnc1Sc1ccccc1Br. The molecule has 5 heteroatoms. The number of anilines is 1. The van der Waals surface area contributed by atoms with E-state index >= 15 is 0 Å². The summed E-state index contributed by atoms with van der Waals surface area (Å²) in [6.07, 6.45) is 3.70. The van der Waals surface area contributed by atoms with Crippen LogP contribution in [0.4, 0.5) is 5.82 Å². The number of hydrogen-bond acceptors (Lipinski definition) is 4. The highest BCUT2D eigenvalue weighted by Gasteiger charge is 2.12. The zero-order valence-corrected chi connectivity index (χ0v) is 14.1. The van der Waals surface area contributed by atoms with Crippen LogP contribution in [-0.4, -0.2) is 16.5 Å². The summed E-state index contributed by atoms with van der Waals surface area (Å²) in [6, 6.07) is 8.21. The minimum atomic E-state index is 0.868. The first kappa shape index (κ1) is 15.3. The molecule has 0 aliphatic rings. The van der Waals surface area contributed by atoms with Crippen LogP contribution in [0.2, 0.25) is 0 Å². The van der Waals surface area contributed by atoms with Crippen LogP contribution in [0, 0.1) is 0 Å². The van der Waals surface area contributed by atoms with Crippen LogP contribution in [0.3, 0.4) is 0 Å². The van der Waals surface area contributed by atoms with Gasteiger partial charge in [-0.05, 0) is 41.4 Å².